The number of para-hydroxylation sites is 1. The number of hydrogen-bond acceptors (Lipinski definition) is 4. The lowest BCUT2D eigenvalue weighted by Gasteiger charge is -2.04. The molecule has 0 spiro atoms. The Kier molecular flexibility index (Phi) is 4.62. The molecular formula is C19H13BrO4. The van der Waals surface area contributed by atoms with E-state index in [0.717, 1.165) is 10.0 Å². The molecule has 0 bridgehead atoms. The predicted octanol–water partition coefficient (Wildman–Crippen LogP) is 4.46. The number of benzene rings is 2. The molecule has 5 heteroatoms. The molecule has 0 fully saturated rings. The van der Waals surface area contributed by atoms with E-state index in [1.807, 2.05) is 24.3 Å². The summed E-state index contributed by atoms with van der Waals surface area (Å²) in [7, 11) is 1.49. The number of ether oxygens (including phenoxy) is 1. The van der Waals surface area contributed by atoms with Crippen LogP contribution < -0.4 is 10.4 Å². The van der Waals surface area contributed by atoms with E-state index in [-0.39, 0.29) is 5.56 Å². The van der Waals surface area contributed by atoms with E-state index < -0.39 is 11.4 Å². The number of rotatable bonds is 4. The van der Waals surface area contributed by atoms with Crippen molar-refractivity contribution in [2.45, 2.75) is 0 Å². The Labute approximate surface area is 146 Å². The summed E-state index contributed by atoms with van der Waals surface area (Å²) < 4.78 is 11.4. The number of hydrogen-bond donors (Lipinski definition) is 0. The summed E-state index contributed by atoms with van der Waals surface area (Å²) in [5.41, 5.74) is 0.499. The first-order valence-corrected chi connectivity index (χ1v) is 7.96. The highest BCUT2D eigenvalue weighted by Gasteiger charge is 2.13. The minimum Gasteiger partial charge on any atom is -0.493 e. The van der Waals surface area contributed by atoms with Crippen molar-refractivity contribution in [3.05, 3.63) is 80.6 Å². The molecule has 0 aliphatic heterocycles. The number of fused-ring (bicyclic) bond motifs is 1. The van der Waals surface area contributed by atoms with Gasteiger partial charge in [-0.15, -0.1) is 0 Å². The molecule has 3 aromatic rings. The summed E-state index contributed by atoms with van der Waals surface area (Å²) >= 11 is 3.35. The van der Waals surface area contributed by atoms with Crippen LogP contribution in [0.3, 0.4) is 0 Å². The highest BCUT2D eigenvalue weighted by Crippen LogP contribution is 2.24. The SMILES string of the molecule is COc1cccc2cc(C(=O)/C=C/c3ccc(Br)cc3)c(=O)oc12. The molecule has 0 atom stereocenters. The lowest BCUT2D eigenvalue weighted by Crippen LogP contribution is -2.12. The zero-order valence-corrected chi connectivity index (χ0v) is 14.4. The Morgan fingerprint density at radius 2 is 1.92 bits per heavy atom. The quantitative estimate of drug-likeness (QED) is 0.378. The third-order valence-corrected chi connectivity index (χ3v) is 4.04. The van der Waals surface area contributed by atoms with Gasteiger partial charge in [-0.2, -0.15) is 0 Å². The van der Waals surface area contributed by atoms with Gasteiger partial charge in [-0.1, -0.05) is 46.3 Å². The normalized spacial score (nSPS) is 11.1. The number of halogens is 1. The van der Waals surface area contributed by atoms with Crippen LogP contribution in [0.25, 0.3) is 17.0 Å². The lowest BCUT2D eigenvalue weighted by molar-refractivity contribution is 0.104. The molecule has 0 amide bonds. The fraction of sp³-hybridized carbons (Fsp3) is 0.0526. The third kappa shape index (κ3) is 3.31. The largest absolute Gasteiger partial charge is 0.493 e. The molecule has 0 saturated carbocycles. The van der Waals surface area contributed by atoms with Crippen molar-refractivity contribution in [2.75, 3.05) is 7.11 Å². The van der Waals surface area contributed by atoms with Gasteiger partial charge in [0.25, 0.3) is 0 Å². The van der Waals surface area contributed by atoms with E-state index in [0.29, 0.717) is 16.7 Å². The molecular weight excluding hydrogens is 372 g/mol. The summed E-state index contributed by atoms with van der Waals surface area (Å²) in [5, 5.41) is 0.634. The Morgan fingerprint density at radius 1 is 1.17 bits per heavy atom. The van der Waals surface area contributed by atoms with Crippen LogP contribution in [-0.2, 0) is 0 Å². The van der Waals surface area contributed by atoms with Gasteiger partial charge in [0, 0.05) is 9.86 Å². The van der Waals surface area contributed by atoms with Crippen LogP contribution in [0.2, 0.25) is 0 Å². The second kappa shape index (κ2) is 6.84. The van der Waals surface area contributed by atoms with E-state index >= 15 is 0 Å². The van der Waals surface area contributed by atoms with Crippen molar-refractivity contribution < 1.29 is 13.9 Å². The average molecular weight is 385 g/mol. The molecule has 0 N–H and O–H groups in total. The van der Waals surface area contributed by atoms with Crippen molar-refractivity contribution in [3.63, 3.8) is 0 Å². The maximum atomic E-state index is 12.3. The van der Waals surface area contributed by atoms with Gasteiger partial charge in [-0.05, 0) is 35.9 Å². The molecule has 0 saturated heterocycles. The fourth-order valence-electron chi connectivity index (χ4n) is 2.29. The van der Waals surface area contributed by atoms with E-state index in [1.54, 1.807) is 24.3 Å². The van der Waals surface area contributed by atoms with Gasteiger partial charge < -0.3 is 9.15 Å². The first-order valence-electron chi connectivity index (χ1n) is 7.17. The van der Waals surface area contributed by atoms with Gasteiger partial charge in [0.1, 0.15) is 5.56 Å². The summed E-state index contributed by atoms with van der Waals surface area (Å²) in [6, 6.07) is 14.2. The highest BCUT2D eigenvalue weighted by atomic mass is 79.9. The fourth-order valence-corrected chi connectivity index (χ4v) is 2.55. The smallest absolute Gasteiger partial charge is 0.347 e. The van der Waals surface area contributed by atoms with E-state index in [4.69, 9.17) is 9.15 Å². The third-order valence-electron chi connectivity index (χ3n) is 3.51. The van der Waals surface area contributed by atoms with Gasteiger partial charge in [-0.3, -0.25) is 4.79 Å². The highest BCUT2D eigenvalue weighted by molar-refractivity contribution is 9.10. The number of methoxy groups -OCH3 is 1. The molecule has 1 heterocycles. The zero-order valence-electron chi connectivity index (χ0n) is 12.8. The van der Waals surface area contributed by atoms with Crippen LogP contribution >= 0.6 is 15.9 Å². The second-order valence-electron chi connectivity index (χ2n) is 5.08. The second-order valence-corrected chi connectivity index (χ2v) is 5.99. The molecule has 1 aromatic heterocycles. The summed E-state index contributed by atoms with van der Waals surface area (Å²) in [5.74, 6) is 0.0467. The van der Waals surface area contributed by atoms with Gasteiger partial charge in [-0.25, -0.2) is 4.79 Å². The molecule has 3 rings (SSSR count). The maximum absolute atomic E-state index is 12.3. The van der Waals surface area contributed by atoms with Crippen molar-refractivity contribution >= 4 is 38.8 Å². The van der Waals surface area contributed by atoms with Crippen LogP contribution in [0, 0.1) is 0 Å². The van der Waals surface area contributed by atoms with Crippen LogP contribution in [0.5, 0.6) is 5.75 Å². The molecule has 4 nitrogen and oxygen atoms in total. The molecule has 2 aromatic carbocycles. The lowest BCUT2D eigenvalue weighted by atomic mass is 10.1. The first-order chi connectivity index (χ1) is 11.6. The maximum Gasteiger partial charge on any atom is 0.347 e. The summed E-state index contributed by atoms with van der Waals surface area (Å²) in [6.45, 7) is 0. The Hall–Kier alpha value is -2.66. The topological polar surface area (TPSA) is 56.5 Å². The molecule has 0 aliphatic rings. The van der Waals surface area contributed by atoms with Crippen molar-refractivity contribution in [1.29, 1.82) is 0 Å². The van der Waals surface area contributed by atoms with Crippen LogP contribution in [0.4, 0.5) is 0 Å². The molecule has 0 unspecified atom stereocenters. The van der Waals surface area contributed by atoms with Gasteiger partial charge >= 0.3 is 5.63 Å². The average Bonchev–Trinajstić information content (AvgIpc) is 2.60. The van der Waals surface area contributed by atoms with Gasteiger partial charge in [0.2, 0.25) is 0 Å². The zero-order chi connectivity index (χ0) is 17.1. The van der Waals surface area contributed by atoms with Crippen LogP contribution in [0.1, 0.15) is 15.9 Å². The summed E-state index contributed by atoms with van der Waals surface area (Å²) in [6.07, 6.45) is 3.02. The van der Waals surface area contributed by atoms with E-state index in [1.165, 1.54) is 19.3 Å². The molecule has 120 valence electrons. The summed E-state index contributed by atoms with van der Waals surface area (Å²) in [4.78, 5) is 24.4. The Balaban J connectivity index is 1.96. The standard InChI is InChI=1S/C19H13BrO4/c1-23-17-4-2-3-13-11-15(19(22)24-18(13)17)16(21)10-7-12-5-8-14(20)9-6-12/h2-11H,1H3/b10-7+. The minimum atomic E-state index is -0.683. The van der Waals surface area contributed by atoms with E-state index in [2.05, 4.69) is 15.9 Å². The van der Waals surface area contributed by atoms with Crippen molar-refractivity contribution in [3.8, 4) is 5.75 Å². The van der Waals surface area contributed by atoms with Gasteiger partial charge in [0.15, 0.2) is 17.1 Å². The number of allylic oxidation sites excluding steroid dienone is 1. The number of ketones is 1. The minimum absolute atomic E-state index is 0.0101. The molecule has 24 heavy (non-hydrogen) atoms. The number of carbonyl (C=O) groups excluding carboxylic acids is 1. The van der Waals surface area contributed by atoms with Crippen LogP contribution in [-0.4, -0.2) is 12.9 Å². The van der Waals surface area contributed by atoms with Crippen LogP contribution in [0.15, 0.2) is 68.3 Å². The molecule has 0 aliphatic carbocycles. The number of carbonyl (C=O) groups is 1. The van der Waals surface area contributed by atoms with Crippen molar-refractivity contribution in [1.82, 2.24) is 0 Å². The van der Waals surface area contributed by atoms with Crippen molar-refractivity contribution in [2.24, 2.45) is 0 Å². The monoisotopic (exact) mass is 384 g/mol. The van der Waals surface area contributed by atoms with Gasteiger partial charge in [0.05, 0.1) is 7.11 Å². The Morgan fingerprint density at radius 3 is 2.62 bits per heavy atom. The van der Waals surface area contributed by atoms with E-state index in [9.17, 15) is 9.59 Å². The molecule has 0 radical (unpaired) electrons. The predicted molar refractivity (Wildman–Crippen MR) is 96.5 cm³/mol. The first kappa shape index (κ1) is 16.2. The Bertz CT molecular complexity index is 984.